The Morgan fingerprint density at radius 2 is 1.95 bits per heavy atom. The van der Waals surface area contributed by atoms with Crippen LogP contribution in [0.3, 0.4) is 0 Å². The first-order chi connectivity index (χ1) is 9.72. The van der Waals surface area contributed by atoms with Crippen molar-refractivity contribution in [2.75, 3.05) is 50.5 Å². The third-order valence-corrected chi connectivity index (χ3v) is 3.65. The van der Waals surface area contributed by atoms with Gasteiger partial charge in [0.15, 0.2) is 0 Å². The molecule has 1 fully saturated rings. The van der Waals surface area contributed by atoms with E-state index < -0.39 is 0 Å². The van der Waals surface area contributed by atoms with Gasteiger partial charge in [-0.2, -0.15) is 0 Å². The van der Waals surface area contributed by atoms with Gasteiger partial charge in [0.2, 0.25) is 5.91 Å². The predicted molar refractivity (Wildman–Crippen MR) is 80.8 cm³/mol. The lowest BCUT2D eigenvalue weighted by atomic mass is 10.2. The third kappa shape index (κ3) is 3.63. The summed E-state index contributed by atoms with van der Waals surface area (Å²) in [5.74, 6) is 0.225. The number of nitrogen functional groups attached to an aromatic ring is 1. The highest BCUT2D eigenvalue weighted by atomic mass is 16.5. The Kier molecular flexibility index (Phi) is 5.24. The number of amides is 1. The molecule has 5 nitrogen and oxygen atoms in total. The van der Waals surface area contributed by atoms with Gasteiger partial charge in [-0.1, -0.05) is 12.1 Å². The van der Waals surface area contributed by atoms with Crippen LogP contribution in [0.5, 0.6) is 0 Å². The van der Waals surface area contributed by atoms with Crippen LogP contribution in [0.4, 0.5) is 11.4 Å². The normalized spacial score (nSPS) is 15.4. The van der Waals surface area contributed by atoms with E-state index in [1.54, 1.807) is 7.11 Å². The molecule has 1 aromatic rings. The minimum Gasteiger partial charge on any atom is -0.397 e. The van der Waals surface area contributed by atoms with Crippen molar-refractivity contribution in [2.24, 2.45) is 0 Å². The van der Waals surface area contributed by atoms with Crippen LogP contribution in [0.15, 0.2) is 24.3 Å². The second-order valence-electron chi connectivity index (χ2n) is 5.02. The van der Waals surface area contributed by atoms with E-state index in [1.807, 2.05) is 29.2 Å². The van der Waals surface area contributed by atoms with Crippen molar-refractivity contribution in [2.45, 2.75) is 12.8 Å². The summed E-state index contributed by atoms with van der Waals surface area (Å²) in [7, 11) is 1.66. The quantitative estimate of drug-likeness (QED) is 0.652. The van der Waals surface area contributed by atoms with Gasteiger partial charge in [0.1, 0.15) is 0 Å². The van der Waals surface area contributed by atoms with Gasteiger partial charge in [-0.3, -0.25) is 4.79 Å². The molecule has 0 aromatic heterocycles. The highest BCUT2D eigenvalue weighted by Gasteiger charge is 2.21. The maximum atomic E-state index is 12.0. The Bertz CT molecular complexity index is 442. The Morgan fingerprint density at radius 3 is 2.60 bits per heavy atom. The number of para-hydroxylation sites is 2. The number of anilines is 2. The van der Waals surface area contributed by atoms with E-state index in [9.17, 15) is 4.79 Å². The lowest BCUT2D eigenvalue weighted by molar-refractivity contribution is -0.131. The summed E-state index contributed by atoms with van der Waals surface area (Å²) < 4.78 is 4.97. The van der Waals surface area contributed by atoms with E-state index >= 15 is 0 Å². The van der Waals surface area contributed by atoms with Crippen LogP contribution in [-0.2, 0) is 9.53 Å². The molecule has 5 heteroatoms. The molecule has 2 N–H and O–H groups in total. The molecule has 0 saturated carbocycles. The first-order valence-electron chi connectivity index (χ1n) is 7.08. The van der Waals surface area contributed by atoms with Gasteiger partial charge in [-0.15, -0.1) is 0 Å². The average Bonchev–Trinajstić information content (AvgIpc) is 2.48. The summed E-state index contributed by atoms with van der Waals surface area (Å²) in [6.45, 7) is 3.85. The molecule has 0 bridgehead atoms. The molecule has 0 atom stereocenters. The number of piperazine rings is 1. The van der Waals surface area contributed by atoms with E-state index in [4.69, 9.17) is 10.5 Å². The van der Waals surface area contributed by atoms with E-state index in [1.165, 1.54) is 0 Å². The fourth-order valence-corrected chi connectivity index (χ4v) is 2.50. The minimum atomic E-state index is 0.225. The molecule has 110 valence electrons. The minimum absolute atomic E-state index is 0.225. The largest absolute Gasteiger partial charge is 0.397 e. The number of benzene rings is 1. The lowest BCUT2D eigenvalue weighted by Gasteiger charge is -2.36. The topological polar surface area (TPSA) is 58.8 Å². The fourth-order valence-electron chi connectivity index (χ4n) is 2.50. The molecule has 1 aromatic carbocycles. The van der Waals surface area contributed by atoms with Crippen LogP contribution in [0.1, 0.15) is 12.8 Å². The number of carbonyl (C=O) groups excluding carboxylic acids is 1. The Balaban J connectivity index is 1.83. The summed E-state index contributed by atoms with van der Waals surface area (Å²) in [4.78, 5) is 16.2. The molecule has 0 radical (unpaired) electrons. The number of rotatable bonds is 5. The van der Waals surface area contributed by atoms with Crippen LogP contribution in [0.2, 0.25) is 0 Å². The van der Waals surface area contributed by atoms with E-state index in [0.717, 1.165) is 44.0 Å². The number of methoxy groups -OCH3 is 1. The van der Waals surface area contributed by atoms with Crippen LogP contribution in [0, 0.1) is 0 Å². The molecule has 1 heterocycles. The van der Waals surface area contributed by atoms with Crippen molar-refractivity contribution in [3.63, 3.8) is 0 Å². The highest BCUT2D eigenvalue weighted by Crippen LogP contribution is 2.23. The van der Waals surface area contributed by atoms with Crippen LogP contribution >= 0.6 is 0 Å². The summed E-state index contributed by atoms with van der Waals surface area (Å²) in [5, 5.41) is 0. The molecule has 1 aliphatic rings. The Labute approximate surface area is 120 Å². The van der Waals surface area contributed by atoms with Gasteiger partial charge in [0.25, 0.3) is 0 Å². The van der Waals surface area contributed by atoms with Gasteiger partial charge < -0.3 is 20.3 Å². The Hall–Kier alpha value is -1.75. The molecule has 1 aliphatic heterocycles. The number of nitrogens with two attached hydrogens (primary N) is 1. The van der Waals surface area contributed by atoms with Crippen molar-refractivity contribution in [3.8, 4) is 0 Å². The molecule has 1 amide bonds. The molecule has 2 rings (SSSR count). The van der Waals surface area contributed by atoms with Crippen molar-refractivity contribution in [3.05, 3.63) is 24.3 Å². The summed E-state index contributed by atoms with van der Waals surface area (Å²) >= 11 is 0. The zero-order valence-electron chi connectivity index (χ0n) is 12.0. The average molecular weight is 277 g/mol. The standard InChI is InChI=1S/C15H23N3O2/c1-20-12-4-7-15(19)18-10-8-17(9-11-18)14-6-3-2-5-13(14)16/h2-3,5-6H,4,7-12,16H2,1H3. The van der Waals surface area contributed by atoms with Gasteiger partial charge in [-0.05, 0) is 18.6 Å². The van der Waals surface area contributed by atoms with Gasteiger partial charge in [-0.25, -0.2) is 0 Å². The van der Waals surface area contributed by atoms with Crippen molar-refractivity contribution in [1.82, 2.24) is 4.90 Å². The van der Waals surface area contributed by atoms with Crippen molar-refractivity contribution < 1.29 is 9.53 Å². The maximum Gasteiger partial charge on any atom is 0.222 e. The predicted octanol–water partition coefficient (Wildman–Crippen LogP) is 1.34. The number of nitrogens with zero attached hydrogens (tertiary/aromatic N) is 2. The SMILES string of the molecule is COCCCC(=O)N1CCN(c2ccccc2N)CC1. The Morgan fingerprint density at radius 1 is 1.25 bits per heavy atom. The molecule has 1 saturated heterocycles. The maximum absolute atomic E-state index is 12.0. The van der Waals surface area contributed by atoms with Crippen molar-refractivity contribution in [1.29, 1.82) is 0 Å². The van der Waals surface area contributed by atoms with Gasteiger partial charge in [0.05, 0.1) is 11.4 Å². The molecule has 0 unspecified atom stereocenters. The van der Waals surface area contributed by atoms with Crippen LogP contribution in [0.25, 0.3) is 0 Å². The number of carbonyl (C=O) groups is 1. The molecule has 0 aliphatic carbocycles. The molecular formula is C15H23N3O2. The second-order valence-corrected chi connectivity index (χ2v) is 5.02. The third-order valence-electron chi connectivity index (χ3n) is 3.65. The lowest BCUT2D eigenvalue weighted by Crippen LogP contribution is -2.49. The van der Waals surface area contributed by atoms with Gasteiger partial charge in [0, 0.05) is 46.3 Å². The second kappa shape index (κ2) is 7.14. The first kappa shape index (κ1) is 14.7. The van der Waals surface area contributed by atoms with Crippen molar-refractivity contribution >= 4 is 17.3 Å². The first-order valence-corrected chi connectivity index (χ1v) is 7.08. The van der Waals surface area contributed by atoms with Crippen LogP contribution in [-0.4, -0.2) is 50.7 Å². The van der Waals surface area contributed by atoms with E-state index in [2.05, 4.69) is 4.90 Å². The molecule has 20 heavy (non-hydrogen) atoms. The zero-order valence-corrected chi connectivity index (χ0v) is 12.0. The van der Waals surface area contributed by atoms with E-state index in [-0.39, 0.29) is 5.91 Å². The number of hydrogen-bond donors (Lipinski definition) is 1. The monoisotopic (exact) mass is 277 g/mol. The van der Waals surface area contributed by atoms with Gasteiger partial charge >= 0.3 is 0 Å². The van der Waals surface area contributed by atoms with E-state index in [0.29, 0.717) is 13.0 Å². The number of ether oxygens (including phenoxy) is 1. The zero-order chi connectivity index (χ0) is 14.4. The molecular weight excluding hydrogens is 254 g/mol. The summed E-state index contributed by atoms with van der Waals surface area (Å²) in [5.41, 5.74) is 7.86. The highest BCUT2D eigenvalue weighted by molar-refractivity contribution is 5.76. The smallest absolute Gasteiger partial charge is 0.222 e. The fraction of sp³-hybridized carbons (Fsp3) is 0.533. The molecule has 0 spiro atoms. The number of hydrogen-bond acceptors (Lipinski definition) is 4. The summed E-state index contributed by atoms with van der Waals surface area (Å²) in [6, 6.07) is 7.88. The summed E-state index contributed by atoms with van der Waals surface area (Å²) in [6.07, 6.45) is 1.36. The van der Waals surface area contributed by atoms with Crippen LogP contribution < -0.4 is 10.6 Å².